The number of amides is 2. The second kappa shape index (κ2) is 9.92. The summed E-state index contributed by atoms with van der Waals surface area (Å²) in [5, 5.41) is 15.1. The molecule has 1 heterocycles. The fourth-order valence-corrected chi connectivity index (χ4v) is 2.52. The number of rotatable bonds is 8. The Morgan fingerprint density at radius 1 is 1.10 bits per heavy atom. The first-order valence-electron chi connectivity index (χ1n) is 9.08. The molecule has 5 N–H and O–H groups in total. The zero-order valence-corrected chi connectivity index (χ0v) is 16.2. The summed E-state index contributed by atoms with van der Waals surface area (Å²) >= 11 is 0. The largest absolute Gasteiger partial charge is 0.384 e. The molecule has 0 radical (unpaired) electrons. The predicted octanol–water partition coefficient (Wildman–Crippen LogP) is 1.30. The van der Waals surface area contributed by atoms with Crippen LogP contribution in [-0.4, -0.2) is 34.1 Å². The van der Waals surface area contributed by atoms with Crippen molar-refractivity contribution in [2.24, 2.45) is 5.92 Å². The van der Waals surface area contributed by atoms with Crippen LogP contribution in [0.25, 0.3) is 0 Å². The third-order valence-electron chi connectivity index (χ3n) is 4.27. The van der Waals surface area contributed by atoms with Gasteiger partial charge in [0.05, 0.1) is 0 Å². The van der Waals surface area contributed by atoms with Crippen LogP contribution >= 0.6 is 0 Å². The van der Waals surface area contributed by atoms with Crippen molar-refractivity contribution < 1.29 is 23.5 Å². The maximum atomic E-state index is 13.5. The normalized spacial score (nSPS) is 13.0. The molecule has 0 bridgehead atoms. The highest BCUT2D eigenvalue weighted by Gasteiger charge is 2.26. The average molecular weight is 406 g/mol. The van der Waals surface area contributed by atoms with Crippen molar-refractivity contribution >= 4 is 17.6 Å². The lowest BCUT2D eigenvalue weighted by Crippen LogP contribution is -2.51. The molecule has 7 nitrogen and oxygen atoms in total. The van der Waals surface area contributed by atoms with Gasteiger partial charge < -0.3 is 21.5 Å². The summed E-state index contributed by atoms with van der Waals surface area (Å²) in [5.74, 6) is -3.35. The molecule has 1 aromatic heterocycles. The minimum absolute atomic E-state index is 0.0838. The Bertz CT molecular complexity index is 859. The monoisotopic (exact) mass is 406 g/mol. The van der Waals surface area contributed by atoms with Gasteiger partial charge >= 0.3 is 0 Å². The Hall–Kier alpha value is -3.07. The van der Waals surface area contributed by atoms with Crippen molar-refractivity contribution in [1.29, 1.82) is 0 Å². The minimum atomic E-state index is -1.31. The van der Waals surface area contributed by atoms with Gasteiger partial charge in [0.15, 0.2) is 11.6 Å². The molecule has 0 aliphatic heterocycles. The molecule has 0 saturated heterocycles. The molecule has 0 aliphatic carbocycles. The maximum absolute atomic E-state index is 13.5. The molecule has 2 amide bonds. The first kappa shape index (κ1) is 22.2. The van der Waals surface area contributed by atoms with E-state index in [-0.39, 0.29) is 18.9 Å². The third-order valence-corrected chi connectivity index (χ3v) is 4.27. The van der Waals surface area contributed by atoms with Crippen LogP contribution in [0.1, 0.15) is 25.0 Å². The number of carbonyl (C=O) groups excluding carboxylic acids is 2. The molecular weight excluding hydrogens is 382 g/mol. The highest BCUT2D eigenvalue weighted by Crippen LogP contribution is 2.12. The number of pyridine rings is 1. The Kier molecular flexibility index (Phi) is 7.60. The summed E-state index contributed by atoms with van der Waals surface area (Å²) in [6.07, 6.45) is 0.109. The van der Waals surface area contributed by atoms with Gasteiger partial charge in [-0.15, -0.1) is 0 Å². The van der Waals surface area contributed by atoms with Crippen molar-refractivity contribution in [2.45, 2.75) is 39.0 Å². The summed E-state index contributed by atoms with van der Waals surface area (Å²) in [7, 11) is 0. The number of aromatic nitrogens is 1. The average Bonchev–Trinajstić information content (AvgIpc) is 2.68. The number of hydrogen-bond donors (Lipinski definition) is 4. The number of nitrogen functional groups attached to an aromatic ring is 1. The van der Waals surface area contributed by atoms with Gasteiger partial charge in [-0.1, -0.05) is 26.0 Å². The summed E-state index contributed by atoms with van der Waals surface area (Å²) in [6, 6.07) is 5.42. The topological polar surface area (TPSA) is 117 Å². The number of carbonyl (C=O) groups is 2. The number of anilines is 1. The lowest BCUT2D eigenvalue weighted by Gasteiger charge is -2.22. The lowest BCUT2D eigenvalue weighted by atomic mass is 10.0. The van der Waals surface area contributed by atoms with E-state index >= 15 is 0 Å². The first-order chi connectivity index (χ1) is 13.7. The number of hydrogen-bond acceptors (Lipinski definition) is 5. The minimum Gasteiger partial charge on any atom is -0.384 e. The number of halogens is 2. The molecule has 0 saturated carbocycles. The van der Waals surface area contributed by atoms with Gasteiger partial charge in [-0.3, -0.25) is 9.59 Å². The van der Waals surface area contributed by atoms with Gasteiger partial charge in [0, 0.05) is 19.2 Å². The molecule has 2 aromatic rings. The first-order valence-corrected chi connectivity index (χ1v) is 9.08. The molecule has 0 spiro atoms. The number of nitrogens with zero attached hydrogens (tertiary/aromatic N) is 1. The van der Waals surface area contributed by atoms with Crippen LogP contribution in [0.15, 0.2) is 36.5 Å². The van der Waals surface area contributed by atoms with Gasteiger partial charge in [0.1, 0.15) is 18.0 Å². The second-order valence-corrected chi connectivity index (χ2v) is 7.01. The number of aliphatic hydroxyl groups excluding tert-OH is 1. The molecule has 1 aromatic carbocycles. The van der Waals surface area contributed by atoms with Crippen LogP contribution in [0, 0.1) is 17.6 Å². The zero-order valence-electron chi connectivity index (χ0n) is 16.2. The number of benzene rings is 1. The highest BCUT2D eigenvalue weighted by molar-refractivity contribution is 5.89. The lowest BCUT2D eigenvalue weighted by molar-refractivity contribution is -0.135. The zero-order chi connectivity index (χ0) is 21.6. The van der Waals surface area contributed by atoms with E-state index in [9.17, 15) is 23.5 Å². The van der Waals surface area contributed by atoms with E-state index in [0.717, 1.165) is 12.1 Å². The molecule has 2 rings (SSSR count). The summed E-state index contributed by atoms with van der Waals surface area (Å²) in [6.45, 7) is 3.44. The van der Waals surface area contributed by atoms with E-state index in [0.29, 0.717) is 16.9 Å². The van der Waals surface area contributed by atoms with Gasteiger partial charge in [-0.05, 0) is 35.2 Å². The molecule has 156 valence electrons. The van der Waals surface area contributed by atoms with E-state index in [1.807, 2.05) is 0 Å². The quantitative estimate of drug-likeness (QED) is 0.527. The summed E-state index contributed by atoms with van der Waals surface area (Å²) in [4.78, 5) is 28.8. The number of nitrogens with two attached hydrogens (primary N) is 1. The van der Waals surface area contributed by atoms with Crippen molar-refractivity contribution in [2.75, 3.05) is 5.73 Å². The smallest absolute Gasteiger partial charge is 0.249 e. The predicted molar refractivity (Wildman–Crippen MR) is 103 cm³/mol. The molecule has 0 aliphatic rings. The second-order valence-electron chi connectivity index (χ2n) is 7.01. The molecule has 2 atom stereocenters. The van der Waals surface area contributed by atoms with Gasteiger partial charge in [0.2, 0.25) is 11.8 Å². The summed E-state index contributed by atoms with van der Waals surface area (Å²) in [5.41, 5.74) is 6.52. The van der Waals surface area contributed by atoms with Crippen LogP contribution in [-0.2, 0) is 22.6 Å². The van der Waals surface area contributed by atoms with E-state index in [2.05, 4.69) is 15.6 Å². The molecule has 0 fully saturated rings. The molecule has 0 unspecified atom stereocenters. The SMILES string of the molecule is CC(C)[C@@H](O)C(=O)N[C@@H](Cc1ccc(F)c(F)c1)C(=O)NCc1ccc(N)nc1. The Labute approximate surface area is 167 Å². The van der Waals surface area contributed by atoms with Crippen LogP contribution in [0.3, 0.4) is 0 Å². The van der Waals surface area contributed by atoms with Crippen LogP contribution in [0.5, 0.6) is 0 Å². The van der Waals surface area contributed by atoms with Gasteiger partial charge in [-0.2, -0.15) is 0 Å². The van der Waals surface area contributed by atoms with Gasteiger partial charge in [-0.25, -0.2) is 13.8 Å². The van der Waals surface area contributed by atoms with Crippen molar-refractivity contribution in [3.05, 3.63) is 59.3 Å². The maximum Gasteiger partial charge on any atom is 0.249 e. The van der Waals surface area contributed by atoms with E-state index < -0.39 is 35.6 Å². The molecule has 29 heavy (non-hydrogen) atoms. The van der Waals surface area contributed by atoms with Crippen molar-refractivity contribution in [3.8, 4) is 0 Å². The summed E-state index contributed by atoms with van der Waals surface area (Å²) < 4.78 is 26.7. The number of nitrogens with one attached hydrogen (secondary N) is 2. The third kappa shape index (κ3) is 6.49. The van der Waals surface area contributed by atoms with Crippen LogP contribution in [0.2, 0.25) is 0 Å². The van der Waals surface area contributed by atoms with E-state index in [1.165, 1.54) is 12.3 Å². The standard InChI is InChI=1S/C20H24F2N4O3/c1-11(2)18(27)20(29)26-16(8-12-3-5-14(21)15(22)7-12)19(28)25-10-13-4-6-17(23)24-9-13/h3-7,9,11,16,18,27H,8,10H2,1-2H3,(H2,23,24)(H,25,28)(H,26,29)/t16-,18+/m0/s1. The molecular formula is C20H24F2N4O3. The number of aliphatic hydroxyl groups is 1. The van der Waals surface area contributed by atoms with Crippen molar-refractivity contribution in [3.63, 3.8) is 0 Å². The Morgan fingerprint density at radius 2 is 1.79 bits per heavy atom. The van der Waals surface area contributed by atoms with E-state index in [1.54, 1.807) is 26.0 Å². The highest BCUT2D eigenvalue weighted by atomic mass is 19.2. The Balaban J connectivity index is 2.13. The van der Waals surface area contributed by atoms with Gasteiger partial charge in [0.25, 0.3) is 0 Å². The fourth-order valence-electron chi connectivity index (χ4n) is 2.52. The Morgan fingerprint density at radius 3 is 2.38 bits per heavy atom. The van der Waals surface area contributed by atoms with Crippen LogP contribution < -0.4 is 16.4 Å². The molecule has 9 heteroatoms. The van der Waals surface area contributed by atoms with Crippen LogP contribution in [0.4, 0.5) is 14.6 Å². The fraction of sp³-hybridized carbons (Fsp3) is 0.350. The van der Waals surface area contributed by atoms with Crippen molar-refractivity contribution in [1.82, 2.24) is 15.6 Å². The van der Waals surface area contributed by atoms with E-state index in [4.69, 9.17) is 5.73 Å².